The van der Waals surface area contributed by atoms with Crippen molar-refractivity contribution >= 4 is 11.9 Å². The lowest BCUT2D eigenvalue weighted by Gasteiger charge is -2.44. The van der Waals surface area contributed by atoms with E-state index in [1.54, 1.807) is 7.11 Å². The molecule has 1 amide bonds. The third-order valence-corrected chi connectivity index (χ3v) is 6.97. The van der Waals surface area contributed by atoms with Crippen LogP contribution in [0.3, 0.4) is 0 Å². The summed E-state index contributed by atoms with van der Waals surface area (Å²) in [6.07, 6.45) is 7.43. The summed E-state index contributed by atoms with van der Waals surface area (Å²) in [6.45, 7) is 2.67. The van der Waals surface area contributed by atoms with Crippen LogP contribution < -0.4 is 25.8 Å². The van der Waals surface area contributed by atoms with Crippen LogP contribution in [0.1, 0.15) is 62.9 Å². The second-order valence-corrected chi connectivity index (χ2v) is 9.11. The third kappa shape index (κ3) is 4.06. The van der Waals surface area contributed by atoms with Crippen LogP contribution in [0.25, 0.3) is 0 Å². The zero-order valence-corrected chi connectivity index (χ0v) is 18.9. The van der Waals surface area contributed by atoms with Crippen LogP contribution in [0, 0.1) is 5.92 Å². The molecule has 1 aromatic carbocycles. The maximum atomic E-state index is 12.4. The molecule has 9 heteroatoms. The number of anilines is 1. The lowest BCUT2D eigenvalue weighted by molar-refractivity contribution is -0.121. The van der Waals surface area contributed by atoms with E-state index in [1.807, 2.05) is 24.3 Å². The van der Waals surface area contributed by atoms with Gasteiger partial charge in [0.2, 0.25) is 11.9 Å². The molecule has 1 saturated carbocycles. The maximum absolute atomic E-state index is 12.4. The number of nitrogens with zero attached hydrogens (tertiary/aromatic N) is 4. The number of aryl methyl sites for hydroxylation is 1. The molecule has 32 heavy (non-hydrogen) atoms. The Balaban J connectivity index is 1.19. The van der Waals surface area contributed by atoms with Gasteiger partial charge in [-0.05, 0) is 43.9 Å². The van der Waals surface area contributed by atoms with E-state index in [-0.39, 0.29) is 18.2 Å². The van der Waals surface area contributed by atoms with Gasteiger partial charge in [0, 0.05) is 31.3 Å². The fourth-order valence-corrected chi connectivity index (χ4v) is 5.41. The first-order valence-corrected chi connectivity index (χ1v) is 11.8. The maximum Gasteiger partial charge on any atom is 0.243 e. The lowest BCUT2D eigenvalue weighted by Crippen LogP contribution is -2.53. The van der Waals surface area contributed by atoms with Crippen molar-refractivity contribution in [2.75, 3.05) is 12.1 Å². The first-order chi connectivity index (χ1) is 15.6. The Morgan fingerprint density at radius 2 is 2.03 bits per heavy atom. The zero-order chi connectivity index (χ0) is 22.1. The summed E-state index contributed by atoms with van der Waals surface area (Å²) in [6, 6.07) is 8.19. The number of aromatic nitrogens is 3. The molecule has 1 aliphatic carbocycles. The molecule has 2 aliphatic heterocycles. The molecule has 0 bridgehead atoms. The van der Waals surface area contributed by atoms with E-state index >= 15 is 0 Å². The molecule has 3 heterocycles. The van der Waals surface area contributed by atoms with Crippen molar-refractivity contribution in [2.45, 2.75) is 76.8 Å². The van der Waals surface area contributed by atoms with E-state index in [2.05, 4.69) is 42.8 Å². The molecule has 3 N–H and O–H groups in total. The van der Waals surface area contributed by atoms with Gasteiger partial charge in [0.25, 0.3) is 0 Å². The number of nitrogens with one attached hydrogen (secondary N) is 3. The highest BCUT2D eigenvalue weighted by Crippen LogP contribution is 2.44. The Kier molecular flexibility index (Phi) is 6.01. The minimum absolute atomic E-state index is 0.0639. The van der Waals surface area contributed by atoms with Crippen LogP contribution in [0.5, 0.6) is 5.75 Å². The fourth-order valence-electron chi connectivity index (χ4n) is 5.41. The van der Waals surface area contributed by atoms with Crippen LogP contribution >= 0.6 is 0 Å². The fraction of sp³-hybridized carbons (Fsp3) is 0.609. The first-order valence-electron chi connectivity index (χ1n) is 11.8. The molecule has 1 saturated heterocycles. The highest BCUT2D eigenvalue weighted by Gasteiger charge is 2.47. The van der Waals surface area contributed by atoms with E-state index in [0.29, 0.717) is 24.9 Å². The Labute approximate surface area is 188 Å². The number of hydrogen-bond donors (Lipinski definition) is 3. The predicted molar refractivity (Wildman–Crippen MR) is 121 cm³/mol. The molecular formula is C23H33N7O2. The van der Waals surface area contributed by atoms with Crippen molar-refractivity contribution in [3.8, 4) is 5.75 Å². The molecule has 0 spiro atoms. The van der Waals surface area contributed by atoms with Crippen LogP contribution in [0.15, 0.2) is 24.3 Å². The first kappa shape index (κ1) is 21.2. The average Bonchev–Trinajstić information content (AvgIpc) is 3.42. The van der Waals surface area contributed by atoms with E-state index in [4.69, 9.17) is 4.74 Å². The van der Waals surface area contributed by atoms with Gasteiger partial charge >= 0.3 is 0 Å². The van der Waals surface area contributed by atoms with Crippen molar-refractivity contribution < 1.29 is 9.53 Å². The standard InChI is InChI=1S/C23H33N7O2/c1-15-25-22-18-6-3-4-7-19(18)29-20(26-27-23(29)30(22)28-15)8-5-9-21(31)24-14-16-10-12-17(32-2)13-11-16/h10-13,15,18-19,22,25,28H,3-9,14H2,1-2H3,(H,24,31). The van der Waals surface area contributed by atoms with Crippen LogP contribution in [-0.2, 0) is 17.8 Å². The summed E-state index contributed by atoms with van der Waals surface area (Å²) < 4.78 is 7.52. The van der Waals surface area contributed by atoms with Crippen molar-refractivity contribution in [3.05, 3.63) is 35.7 Å². The topological polar surface area (TPSA) is 96.3 Å². The van der Waals surface area contributed by atoms with Crippen LogP contribution in [-0.4, -0.2) is 40.1 Å². The zero-order valence-electron chi connectivity index (χ0n) is 18.9. The molecule has 172 valence electrons. The Morgan fingerprint density at radius 1 is 1.22 bits per heavy atom. The quantitative estimate of drug-likeness (QED) is 0.609. The van der Waals surface area contributed by atoms with E-state index in [0.717, 1.165) is 35.9 Å². The molecule has 4 unspecified atom stereocenters. The lowest BCUT2D eigenvalue weighted by atomic mass is 9.81. The number of ether oxygens (including phenoxy) is 1. The van der Waals surface area contributed by atoms with Crippen molar-refractivity contribution in [1.29, 1.82) is 0 Å². The second-order valence-electron chi connectivity index (χ2n) is 9.11. The van der Waals surface area contributed by atoms with Crippen LogP contribution in [0.4, 0.5) is 5.95 Å². The highest BCUT2D eigenvalue weighted by molar-refractivity contribution is 5.75. The molecule has 2 aromatic rings. The number of benzene rings is 1. The van der Waals surface area contributed by atoms with Gasteiger partial charge in [-0.25, -0.2) is 5.43 Å². The summed E-state index contributed by atoms with van der Waals surface area (Å²) >= 11 is 0. The monoisotopic (exact) mass is 439 g/mol. The van der Waals surface area contributed by atoms with Gasteiger partial charge in [0.15, 0.2) is 0 Å². The number of rotatable bonds is 7. The minimum atomic E-state index is 0.0639. The van der Waals surface area contributed by atoms with Crippen molar-refractivity contribution in [2.24, 2.45) is 5.92 Å². The summed E-state index contributed by atoms with van der Waals surface area (Å²) in [7, 11) is 1.65. The summed E-state index contributed by atoms with van der Waals surface area (Å²) in [5.41, 5.74) is 4.56. The number of hydrazine groups is 1. The van der Waals surface area contributed by atoms with Crippen molar-refractivity contribution in [3.63, 3.8) is 0 Å². The Bertz CT molecular complexity index is 944. The number of amides is 1. The molecule has 1 aromatic heterocycles. The molecule has 4 atom stereocenters. The summed E-state index contributed by atoms with van der Waals surface area (Å²) in [4.78, 5) is 12.4. The van der Waals surface area contributed by atoms with Crippen molar-refractivity contribution in [1.82, 2.24) is 30.8 Å². The number of fused-ring (bicyclic) bond motifs is 6. The number of hydrogen-bond acceptors (Lipinski definition) is 7. The van der Waals surface area contributed by atoms with Gasteiger partial charge in [-0.3, -0.25) is 19.7 Å². The van der Waals surface area contributed by atoms with E-state index < -0.39 is 0 Å². The molecule has 9 nitrogen and oxygen atoms in total. The summed E-state index contributed by atoms with van der Waals surface area (Å²) in [5.74, 6) is 3.34. The molecular weight excluding hydrogens is 406 g/mol. The largest absolute Gasteiger partial charge is 0.497 e. The van der Waals surface area contributed by atoms with Gasteiger partial charge in [-0.1, -0.05) is 25.0 Å². The highest BCUT2D eigenvalue weighted by atomic mass is 16.5. The number of carbonyl (C=O) groups excluding carboxylic acids is 1. The van der Waals surface area contributed by atoms with E-state index in [9.17, 15) is 4.79 Å². The predicted octanol–water partition coefficient (Wildman–Crippen LogP) is 2.26. The molecule has 5 rings (SSSR count). The molecule has 2 fully saturated rings. The van der Waals surface area contributed by atoms with Gasteiger partial charge < -0.3 is 10.1 Å². The number of carbonyl (C=O) groups is 1. The Hall–Kier alpha value is -2.65. The SMILES string of the molecule is COc1ccc(CNC(=O)CCCc2nnc3n2C2CCCCC2C2NC(C)NN32)cc1. The second kappa shape index (κ2) is 9.07. The molecule has 3 aliphatic rings. The van der Waals surface area contributed by atoms with Gasteiger partial charge in [-0.15, -0.1) is 10.2 Å². The van der Waals surface area contributed by atoms with Gasteiger partial charge in [0.05, 0.1) is 13.3 Å². The minimum Gasteiger partial charge on any atom is -0.497 e. The van der Waals surface area contributed by atoms with Gasteiger partial charge in [-0.2, -0.15) is 0 Å². The van der Waals surface area contributed by atoms with E-state index in [1.165, 1.54) is 25.7 Å². The average molecular weight is 440 g/mol. The normalized spacial score (nSPS) is 26.2. The summed E-state index contributed by atoms with van der Waals surface area (Å²) in [5, 5.41) is 17.9. The number of methoxy groups -OCH3 is 1. The third-order valence-electron chi connectivity index (χ3n) is 6.97. The molecule has 0 radical (unpaired) electrons. The van der Waals surface area contributed by atoms with Crippen LogP contribution in [0.2, 0.25) is 0 Å². The Morgan fingerprint density at radius 3 is 2.84 bits per heavy atom. The smallest absolute Gasteiger partial charge is 0.243 e. The van der Waals surface area contributed by atoms with Gasteiger partial charge in [0.1, 0.15) is 17.7 Å².